The van der Waals surface area contributed by atoms with Gasteiger partial charge in [0.1, 0.15) is 6.61 Å². The van der Waals surface area contributed by atoms with Gasteiger partial charge in [-0.15, -0.1) is 0 Å². The lowest BCUT2D eigenvalue weighted by Gasteiger charge is -2.07. The lowest BCUT2D eigenvalue weighted by molar-refractivity contribution is -0.150. The average Bonchev–Trinajstić information content (AvgIpc) is 2.10. The molecule has 0 aliphatic rings. The summed E-state index contributed by atoms with van der Waals surface area (Å²) in [6.45, 7) is -1.05. The number of carboxylic acid groups (broad SMARTS) is 1. The van der Waals surface area contributed by atoms with Gasteiger partial charge in [0.2, 0.25) is 0 Å². The molecule has 7 heteroatoms. The van der Waals surface area contributed by atoms with Gasteiger partial charge in [-0.25, -0.2) is 13.2 Å². The van der Waals surface area contributed by atoms with Gasteiger partial charge in [-0.3, -0.25) is 9.59 Å². The van der Waals surface area contributed by atoms with Crippen molar-refractivity contribution >= 4 is 11.9 Å². The molecule has 0 spiro atoms. The molecule has 0 aliphatic carbocycles. The molecular formula is C7H9F3O4. The molecule has 0 heterocycles. The van der Waals surface area contributed by atoms with Gasteiger partial charge >= 0.3 is 11.9 Å². The third kappa shape index (κ3) is 6.27. The van der Waals surface area contributed by atoms with Crippen LogP contribution in [0.25, 0.3) is 0 Å². The zero-order valence-electron chi connectivity index (χ0n) is 7.08. The predicted octanol–water partition coefficient (Wildman–Crippen LogP) is 0.998. The van der Waals surface area contributed by atoms with E-state index in [1.165, 1.54) is 0 Å². The summed E-state index contributed by atoms with van der Waals surface area (Å²) in [5.74, 6) is -2.22. The van der Waals surface area contributed by atoms with Crippen molar-refractivity contribution in [2.24, 2.45) is 0 Å². The fourth-order valence-corrected chi connectivity index (χ4v) is 0.526. The lowest BCUT2D eigenvalue weighted by atomic mass is 10.3. The van der Waals surface area contributed by atoms with Crippen molar-refractivity contribution in [1.29, 1.82) is 0 Å². The van der Waals surface area contributed by atoms with Gasteiger partial charge in [0.25, 0.3) is 6.43 Å². The number of aliphatic carboxylic acids is 1. The van der Waals surface area contributed by atoms with Crippen LogP contribution in [0.5, 0.6) is 0 Å². The zero-order valence-corrected chi connectivity index (χ0v) is 7.08. The van der Waals surface area contributed by atoms with E-state index in [-0.39, 0.29) is 0 Å². The topological polar surface area (TPSA) is 63.6 Å². The average molecular weight is 214 g/mol. The number of hydrogen-bond acceptors (Lipinski definition) is 3. The van der Waals surface area contributed by atoms with Crippen LogP contribution in [0.2, 0.25) is 0 Å². The molecule has 0 aromatic heterocycles. The Bertz CT molecular complexity index is 207. The van der Waals surface area contributed by atoms with Crippen molar-refractivity contribution in [3.63, 3.8) is 0 Å². The molecule has 0 aromatic carbocycles. The maximum Gasteiger partial charge on any atom is 0.306 e. The quantitative estimate of drug-likeness (QED) is 0.670. The standard InChI is InChI=1S/C7H9F3O4/c8-4(7(9)10)3-14-6(13)2-1-5(11)12/h4,7H,1-3H2,(H,11,12). The van der Waals surface area contributed by atoms with Crippen molar-refractivity contribution in [2.45, 2.75) is 25.4 Å². The monoisotopic (exact) mass is 214 g/mol. The molecule has 82 valence electrons. The molecule has 0 aromatic rings. The van der Waals surface area contributed by atoms with Crippen molar-refractivity contribution in [1.82, 2.24) is 0 Å². The fraction of sp³-hybridized carbons (Fsp3) is 0.714. The van der Waals surface area contributed by atoms with Gasteiger partial charge in [-0.2, -0.15) is 0 Å². The smallest absolute Gasteiger partial charge is 0.306 e. The van der Waals surface area contributed by atoms with E-state index in [4.69, 9.17) is 5.11 Å². The first-order valence-electron chi connectivity index (χ1n) is 3.73. The Morgan fingerprint density at radius 2 is 1.79 bits per heavy atom. The Morgan fingerprint density at radius 1 is 1.21 bits per heavy atom. The first-order valence-corrected chi connectivity index (χ1v) is 3.73. The Hall–Kier alpha value is -1.27. The first-order chi connectivity index (χ1) is 6.43. The summed E-state index contributed by atoms with van der Waals surface area (Å²) in [5, 5.41) is 8.13. The number of carboxylic acids is 1. The van der Waals surface area contributed by atoms with Crippen LogP contribution in [-0.2, 0) is 14.3 Å². The Kier molecular flexibility index (Phi) is 5.66. The number of halogens is 3. The van der Waals surface area contributed by atoms with E-state index in [1.54, 1.807) is 0 Å². The minimum absolute atomic E-state index is 0.453. The highest BCUT2D eigenvalue weighted by Gasteiger charge is 2.21. The van der Waals surface area contributed by atoms with Crippen molar-refractivity contribution in [3.8, 4) is 0 Å². The molecule has 0 fully saturated rings. The summed E-state index contributed by atoms with van der Waals surface area (Å²) in [7, 11) is 0. The Morgan fingerprint density at radius 3 is 2.21 bits per heavy atom. The molecule has 0 saturated heterocycles. The predicted molar refractivity (Wildman–Crippen MR) is 38.7 cm³/mol. The normalized spacial score (nSPS) is 12.6. The number of alkyl halides is 3. The van der Waals surface area contributed by atoms with Gasteiger partial charge < -0.3 is 9.84 Å². The SMILES string of the molecule is O=C(O)CCC(=O)OCC(F)C(F)F. The molecule has 0 radical (unpaired) electrons. The van der Waals surface area contributed by atoms with Crippen LogP contribution < -0.4 is 0 Å². The van der Waals surface area contributed by atoms with E-state index < -0.39 is 44.0 Å². The van der Waals surface area contributed by atoms with Gasteiger partial charge in [0.15, 0.2) is 6.17 Å². The molecule has 0 aliphatic heterocycles. The van der Waals surface area contributed by atoms with Crippen LogP contribution in [-0.4, -0.2) is 36.2 Å². The van der Waals surface area contributed by atoms with Crippen LogP contribution in [0.3, 0.4) is 0 Å². The minimum Gasteiger partial charge on any atom is -0.481 e. The Labute approximate surface area is 77.7 Å². The number of hydrogen-bond donors (Lipinski definition) is 1. The van der Waals surface area contributed by atoms with Crippen LogP contribution in [0.4, 0.5) is 13.2 Å². The fourth-order valence-electron chi connectivity index (χ4n) is 0.526. The van der Waals surface area contributed by atoms with E-state index in [1.807, 2.05) is 0 Å². The van der Waals surface area contributed by atoms with Gasteiger partial charge in [-0.1, -0.05) is 0 Å². The van der Waals surface area contributed by atoms with Crippen LogP contribution in [0, 0.1) is 0 Å². The summed E-state index contributed by atoms with van der Waals surface area (Å²) >= 11 is 0. The van der Waals surface area contributed by atoms with Gasteiger partial charge in [0, 0.05) is 0 Å². The third-order valence-electron chi connectivity index (χ3n) is 1.22. The number of esters is 1. The molecule has 0 rings (SSSR count). The van der Waals surface area contributed by atoms with Crippen molar-refractivity contribution < 1.29 is 32.6 Å². The first kappa shape index (κ1) is 12.7. The lowest BCUT2D eigenvalue weighted by Crippen LogP contribution is -2.21. The molecule has 1 N–H and O–H groups in total. The second-order valence-electron chi connectivity index (χ2n) is 2.43. The molecule has 0 bridgehead atoms. The zero-order chi connectivity index (χ0) is 11.1. The minimum atomic E-state index is -3.21. The molecule has 4 nitrogen and oxygen atoms in total. The summed E-state index contributed by atoms with van der Waals surface area (Å²) in [5.41, 5.74) is 0. The maximum absolute atomic E-state index is 12.1. The molecule has 0 saturated carbocycles. The van der Waals surface area contributed by atoms with E-state index in [0.29, 0.717) is 0 Å². The second-order valence-corrected chi connectivity index (χ2v) is 2.43. The van der Waals surface area contributed by atoms with E-state index in [9.17, 15) is 22.8 Å². The summed E-state index contributed by atoms with van der Waals surface area (Å²) < 4.78 is 39.3. The molecule has 1 unspecified atom stereocenters. The second kappa shape index (κ2) is 6.22. The summed E-state index contributed by atoms with van der Waals surface area (Å²) in [6, 6.07) is 0. The third-order valence-corrected chi connectivity index (χ3v) is 1.22. The van der Waals surface area contributed by atoms with E-state index in [0.717, 1.165) is 0 Å². The number of carbonyl (C=O) groups is 2. The van der Waals surface area contributed by atoms with E-state index >= 15 is 0 Å². The number of ether oxygens (including phenoxy) is 1. The molecular weight excluding hydrogens is 205 g/mol. The summed E-state index contributed by atoms with van der Waals surface area (Å²) in [4.78, 5) is 20.5. The molecule has 0 amide bonds. The highest BCUT2D eigenvalue weighted by Crippen LogP contribution is 2.06. The van der Waals surface area contributed by atoms with E-state index in [2.05, 4.69) is 4.74 Å². The highest BCUT2D eigenvalue weighted by atomic mass is 19.3. The van der Waals surface area contributed by atoms with Gasteiger partial charge in [0.05, 0.1) is 12.8 Å². The highest BCUT2D eigenvalue weighted by molar-refractivity contribution is 5.76. The van der Waals surface area contributed by atoms with Crippen molar-refractivity contribution in [3.05, 3.63) is 0 Å². The maximum atomic E-state index is 12.1. The summed E-state index contributed by atoms with van der Waals surface area (Å²) in [6.07, 6.45) is -6.65. The largest absolute Gasteiger partial charge is 0.481 e. The number of rotatable bonds is 6. The van der Waals surface area contributed by atoms with Crippen molar-refractivity contribution in [2.75, 3.05) is 6.61 Å². The van der Waals surface area contributed by atoms with Gasteiger partial charge in [-0.05, 0) is 0 Å². The Balaban J connectivity index is 3.58. The molecule has 1 atom stereocenters. The molecule has 14 heavy (non-hydrogen) atoms. The number of carbonyl (C=O) groups excluding carboxylic acids is 1. The van der Waals surface area contributed by atoms with Crippen LogP contribution in [0.1, 0.15) is 12.8 Å². The van der Waals surface area contributed by atoms with Crippen LogP contribution >= 0.6 is 0 Å². The van der Waals surface area contributed by atoms with Crippen LogP contribution in [0.15, 0.2) is 0 Å².